The number of carbonyl (C=O) groups excluding carboxylic acids is 2. The molecule has 0 fully saturated rings. The van der Waals surface area contributed by atoms with Crippen LogP contribution in [0.25, 0.3) is 11.3 Å². The number of H-pyrrole nitrogens is 1. The van der Waals surface area contributed by atoms with E-state index in [1.54, 1.807) is 13.1 Å². The first-order chi connectivity index (χ1) is 16.9. The Morgan fingerprint density at radius 3 is 2.77 bits per heavy atom. The number of halogens is 2. The molecule has 0 radical (unpaired) electrons. The Labute approximate surface area is 200 Å². The van der Waals surface area contributed by atoms with E-state index in [0.29, 0.717) is 28.2 Å². The minimum absolute atomic E-state index is 0.0213. The molecule has 2 aromatic heterocycles. The minimum atomic E-state index is -2.66. The van der Waals surface area contributed by atoms with Gasteiger partial charge in [0.1, 0.15) is 12.4 Å². The van der Waals surface area contributed by atoms with Crippen molar-refractivity contribution in [2.45, 2.75) is 19.3 Å². The van der Waals surface area contributed by atoms with Gasteiger partial charge in [0.05, 0.1) is 35.7 Å². The second-order valence-electron chi connectivity index (χ2n) is 8.31. The zero-order valence-corrected chi connectivity index (χ0v) is 19.1. The van der Waals surface area contributed by atoms with E-state index in [2.05, 4.69) is 15.3 Å². The van der Waals surface area contributed by atoms with Crippen LogP contribution in [0.1, 0.15) is 22.5 Å². The first kappa shape index (κ1) is 24.3. The smallest absolute Gasteiger partial charge is 0.272 e. The van der Waals surface area contributed by atoms with E-state index < -0.39 is 19.0 Å². The van der Waals surface area contributed by atoms with E-state index in [0.717, 1.165) is 5.69 Å². The number of amides is 1. The Morgan fingerprint density at radius 1 is 1.29 bits per heavy atom. The molecule has 184 valence electrons. The van der Waals surface area contributed by atoms with E-state index in [9.17, 15) is 18.4 Å². The van der Waals surface area contributed by atoms with E-state index in [-0.39, 0.29) is 43.4 Å². The minimum Gasteiger partial charge on any atom is -0.485 e. The third kappa shape index (κ3) is 5.32. The summed E-state index contributed by atoms with van der Waals surface area (Å²) >= 11 is 0. The number of aliphatic hydroxyl groups is 1. The number of aromatic amines is 1. The van der Waals surface area contributed by atoms with Gasteiger partial charge in [0.2, 0.25) is 5.91 Å². The summed E-state index contributed by atoms with van der Waals surface area (Å²) in [5.74, 6) is -0.872. The fourth-order valence-electron chi connectivity index (χ4n) is 4.25. The molecule has 0 saturated carbocycles. The number of likely N-dealkylation sites (N-methyl/N-ethyl adjacent to an activating group) is 1. The standard InChI is InChI=1S/C25H26F2N4O4/c1-31(9-10-32)25(34)15-11-18-22(19(33)12-15)24(29-16-5-3-2-4-6-16)23(30-18)17-7-8-28-13-20(17)35-14-21(26)27/h2-8,13,15,21,29-30,32H,9-12,14H2,1H3. The number of ketones is 1. The molecule has 8 nitrogen and oxygen atoms in total. The molecule has 2 heterocycles. The van der Waals surface area contributed by atoms with Gasteiger partial charge in [0.15, 0.2) is 5.78 Å². The number of carbonyl (C=O) groups is 2. The maximum atomic E-state index is 13.3. The molecule has 35 heavy (non-hydrogen) atoms. The highest BCUT2D eigenvalue weighted by Gasteiger charge is 2.36. The summed E-state index contributed by atoms with van der Waals surface area (Å²) in [6.45, 7) is -0.794. The fraction of sp³-hybridized carbons (Fsp3) is 0.320. The predicted octanol–water partition coefficient (Wildman–Crippen LogP) is 3.66. The molecule has 1 unspecified atom stereocenters. The Morgan fingerprint density at radius 2 is 2.06 bits per heavy atom. The third-order valence-corrected chi connectivity index (χ3v) is 5.86. The molecule has 3 aromatic rings. The van der Waals surface area contributed by atoms with Crippen molar-refractivity contribution >= 4 is 23.1 Å². The van der Waals surface area contributed by atoms with Crippen LogP contribution in [0.15, 0.2) is 48.8 Å². The van der Waals surface area contributed by atoms with E-state index in [1.807, 2.05) is 30.3 Å². The summed E-state index contributed by atoms with van der Waals surface area (Å²) in [6.07, 6.45) is 0.507. The number of pyridine rings is 1. The van der Waals surface area contributed by atoms with Gasteiger partial charge in [-0.15, -0.1) is 0 Å². The average Bonchev–Trinajstić information content (AvgIpc) is 3.21. The van der Waals surface area contributed by atoms with Crippen LogP contribution in [0, 0.1) is 5.92 Å². The lowest BCUT2D eigenvalue weighted by molar-refractivity contribution is -0.134. The SMILES string of the molecule is CN(CCO)C(=O)C1CC(=O)c2c([nH]c(-c3ccncc3OCC(F)F)c2Nc2ccccc2)C1. The zero-order chi connectivity index (χ0) is 24.9. The molecule has 0 bridgehead atoms. The number of rotatable bonds is 9. The monoisotopic (exact) mass is 484 g/mol. The Balaban J connectivity index is 1.78. The van der Waals surface area contributed by atoms with Gasteiger partial charge in [0, 0.05) is 49.6 Å². The first-order valence-corrected chi connectivity index (χ1v) is 11.2. The first-order valence-electron chi connectivity index (χ1n) is 11.2. The summed E-state index contributed by atoms with van der Waals surface area (Å²) < 4.78 is 31.0. The van der Waals surface area contributed by atoms with Gasteiger partial charge in [-0.05, 0) is 18.2 Å². The number of nitrogens with zero attached hydrogens (tertiary/aromatic N) is 2. The fourth-order valence-corrected chi connectivity index (χ4v) is 4.25. The Kier molecular flexibility index (Phi) is 7.40. The van der Waals surface area contributed by atoms with Crippen molar-refractivity contribution in [2.24, 2.45) is 5.92 Å². The topological polar surface area (TPSA) is 108 Å². The second-order valence-corrected chi connectivity index (χ2v) is 8.31. The number of ether oxygens (including phenoxy) is 1. The molecule has 3 N–H and O–H groups in total. The number of para-hydroxylation sites is 1. The van der Waals surface area contributed by atoms with Crippen LogP contribution in [-0.4, -0.2) is 64.9 Å². The average molecular weight is 485 g/mol. The second kappa shape index (κ2) is 10.6. The van der Waals surface area contributed by atoms with Gasteiger partial charge in [0.25, 0.3) is 6.43 Å². The van der Waals surface area contributed by atoms with Crippen LogP contribution in [0.5, 0.6) is 5.75 Å². The molecule has 4 rings (SSSR count). The molecule has 1 atom stereocenters. The van der Waals surface area contributed by atoms with Crippen LogP contribution in [0.4, 0.5) is 20.2 Å². The highest BCUT2D eigenvalue weighted by molar-refractivity contribution is 6.09. The lowest BCUT2D eigenvalue weighted by Gasteiger charge is -2.26. The van der Waals surface area contributed by atoms with Crippen LogP contribution in [0.2, 0.25) is 0 Å². The largest absolute Gasteiger partial charge is 0.485 e. The van der Waals surface area contributed by atoms with E-state index >= 15 is 0 Å². The number of benzene rings is 1. The molecule has 1 amide bonds. The van der Waals surface area contributed by atoms with Crippen molar-refractivity contribution in [3.05, 3.63) is 60.0 Å². The number of aromatic nitrogens is 2. The van der Waals surface area contributed by atoms with E-state index in [1.165, 1.54) is 17.3 Å². The molecule has 1 aliphatic carbocycles. The summed E-state index contributed by atoms with van der Waals surface area (Å²) in [5.41, 5.74) is 3.15. The molecular weight excluding hydrogens is 458 g/mol. The number of Topliss-reactive ketones (excluding diaryl/α,β-unsaturated/α-hetero) is 1. The van der Waals surface area contributed by atoms with Gasteiger partial charge in [-0.3, -0.25) is 14.6 Å². The molecule has 0 saturated heterocycles. The number of alkyl halides is 2. The summed E-state index contributed by atoms with van der Waals surface area (Å²) in [6, 6.07) is 10.9. The quantitative estimate of drug-likeness (QED) is 0.428. The third-order valence-electron chi connectivity index (χ3n) is 5.86. The molecule has 10 heteroatoms. The molecule has 1 aromatic carbocycles. The number of nitrogens with one attached hydrogen (secondary N) is 2. The summed E-state index contributed by atoms with van der Waals surface area (Å²) in [7, 11) is 1.59. The van der Waals surface area contributed by atoms with Crippen molar-refractivity contribution in [3.8, 4) is 17.0 Å². The maximum Gasteiger partial charge on any atom is 0.272 e. The number of fused-ring (bicyclic) bond motifs is 1. The molecule has 1 aliphatic rings. The maximum absolute atomic E-state index is 13.3. The van der Waals surface area contributed by atoms with Crippen molar-refractivity contribution in [3.63, 3.8) is 0 Å². The molecule has 0 aliphatic heterocycles. The normalized spacial score (nSPS) is 15.1. The van der Waals surface area contributed by atoms with Crippen LogP contribution >= 0.6 is 0 Å². The van der Waals surface area contributed by atoms with Crippen LogP contribution in [0.3, 0.4) is 0 Å². The van der Waals surface area contributed by atoms with E-state index in [4.69, 9.17) is 9.84 Å². The molecule has 0 spiro atoms. The predicted molar refractivity (Wildman–Crippen MR) is 126 cm³/mol. The van der Waals surface area contributed by atoms with Crippen LogP contribution < -0.4 is 10.1 Å². The zero-order valence-electron chi connectivity index (χ0n) is 19.1. The van der Waals surface area contributed by atoms with Crippen molar-refractivity contribution in [1.82, 2.24) is 14.9 Å². The highest BCUT2D eigenvalue weighted by atomic mass is 19.3. The summed E-state index contributed by atoms with van der Waals surface area (Å²) in [5, 5.41) is 12.4. The number of anilines is 2. The number of hydrogen-bond donors (Lipinski definition) is 3. The lowest BCUT2D eigenvalue weighted by atomic mass is 9.85. The summed E-state index contributed by atoms with van der Waals surface area (Å²) in [4.78, 5) is 34.8. The Hall–Kier alpha value is -3.79. The van der Waals surface area contributed by atoms with Crippen molar-refractivity contribution in [1.29, 1.82) is 0 Å². The van der Waals surface area contributed by atoms with Gasteiger partial charge in [-0.2, -0.15) is 0 Å². The lowest BCUT2D eigenvalue weighted by Crippen LogP contribution is -2.38. The van der Waals surface area contributed by atoms with Gasteiger partial charge >= 0.3 is 0 Å². The molecular formula is C25H26F2N4O4. The Bertz CT molecular complexity index is 1200. The highest BCUT2D eigenvalue weighted by Crippen LogP contribution is 2.42. The van der Waals surface area contributed by atoms with Gasteiger partial charge in [-0.1, -0.05) is 18.2 Å². The van der Waals surface area contributed by atoms with Crippen molar-refractivity contribution in [2.75, 3.05) is 32.1 Å². The van der Waals surface area contributed by atoms with Crippen LogP contribution in [-0.2, 0) is 11.2 Å². The number of hydrogen-bond acceptors (Lipinski definition) is 6. The van der Waals surface area contributed by atoms with Gasteiger partial charge in [-0.25, -0.2) is 8.78 Å². The van der Waals surface area contributed by atoms with Gasteiger partial charge < -0.3 is 25.0 Å². The van der Waals surface area contributed by atoms with Crippen molar-refractivity contribution < 1.29 is 28.2 Å². The number of aliphatic hydroxyl groups excluding tert-OH is 1.